The molecular weight excluding hydrogens is 222 g/mol. The number of hydrogen-bond acceptors (Lipinski definition) is 3. The van der Waals surface area contributed by atoms with Crippen LogP contribution in [0.1, 0.15) is 23.0 Å². The summed E-state index contributed by atoms with van der Waals surface area (Å²) in [5, 5.41) is 4.78. The van der Waals surface area contributed by atoms with Crippen LogP contribution in [0.4, 0.5) is 0 Å². The number of thiophene rings is 1. The summed E-state index contributed by atoms with van der Waals surface area (Å²) in [6.45, 7) is 2.75. The minimum absolute atomic E-state index is 0.00958. The summed E-state index contributed by atoms with van der Waals surface area (Å²) < 4.78 is 5.27. The van der Waals surface area contributed by atoms with Gasteiger partial charge in [0.15, 0.2) is 0 Å². The van der Waals surface area contributed by atoms with E-state index in [2.05, 4.69) is 5.32 Å². The molecule has 0 saturated carbocycles. The molecule has 0 aliphatic carbocycles. The van der Waals surface area contributed by atoms with Crippen LogP contribution in [0.25, 0.3) is 11.3 Å². The van der Waals surface area contributed by atoms with Crippen LogP contribution in [0, 0.1) is 0 Å². The molecule has 2 rings (SSSR count). The predicted molar refractivity (Wildman–Crippen MR) is 64.6 cm³/mol. The Morgan fingerprint density at radius 2 is 2.44 bits per heavy atom. The highest BCUT2D eigenvalue weighted by Gasteiger charge is 2.10. The highest BCUT2D eigenvalue weighted by molar-refractivity contribution is 7.12. The molecule has 1 amide bonds. The maximum absolute atomic E-state index is 11.7. The molecule has 3 nitrogen and oxygen atoms in total. The molecule has 0 aliphatic rings. The number of nitrogens with one attached hydrogen (secondary N) is 1. The van der Waals surface area contributed by atoms with E-state index < -0.39 is 0 Å². The molecule has 4 heteroatoms. The van der Waals surface area contributed by atoms with Crippen molar-refractivity contribution in [3.05, 3.63) is 34.7 Å². The van der Waals surface area contributed by atoms with Crippen molar-refractivity contribution in [3.63, 3.8) is 0 Å². The van der Waals surface area contributed by atoms with Crippen LogP contribution in [-0.4, -0.2) is 12.5 Å². The van der Waals surface area contributed by atoms with Crippen LogP contribution in [0.2, 0.25) is 0 Å². The average molecular weight is 235 g/mol. The zero-order valence-corrected chi connectivity index (χ0v) is 9.84. The molecule has 2 aromatic heterocycles. The molecule has 0 aliphatic heterocycles. The van der Waals surface area contributed by atoms with Crippen molar-refractivity contribution in [2.45, 2.75) is 13.3 Å². The topological polar surface area (TPSA) is 42.2 Å². The largest absolute Gasteiger partial charge is 0.464 e. The Balaban J connectivity index is 2.11. The second kappa shape index (κ2) is 4.99. The van der Waals surface area contributed by atoms with Crippen molar-refractivity contribution in [1.82, 2.24) is 5.32 Å². The Bertz CT molecular complexity index is 459. The third-order valence-corrected chi connectivity index (χ3v) is 3.09. The van der Waals surface area contributed by atoms with E-state index in [1.807, 2.05) is 30.5 Å². The average Bonchev–Trinajstić information content (AvgIpc) is 2.94. The van der Waals surface area contributed by atoms with Gasteiger partial charge in [-0.2, -0.15) is 0 Å². The van der Waals surface area contributed by atoms with Crippen LogP contribution in [0.5, 0.6) is 0 Å². The molecule has 1 N–H and O–H groups in total. The second-order valence-corrected chi connectivity index (χ2v) is 4.34. The zero-order valence-electron chi connectivity index (χ0n) is 9.03. The fraction of sp³-hybridized carbons (Fsp3) is 0.250. The van der Waals surface area contributed by atoms with E-state index in [0.29, 0.717) is 6.54 Å². The smallest absolute Gasteiger partial charge is 0.261 e. The minimum Gasteiger partial charge on any atom is -0.464 e. The van der Waals surface area contributed by atoms with Gasteiger partial charge in [-0.1, -0.05) is 6.92 Å². The second-order valence-electron chi connectivity index (χ2n) is 3.43. The van der Waals surface area contributed by atoms with Crippen LogP contribution >= 0.6 is 11.3 Å². The van der Waals surface area contributed by atoms with Gasteiger partial charge in [-0.15, -0.1) is 11.3 Å². The number of hydrogen-bond donors (Lipinski definition) is 1. The zero-order chi connectivity index (χ0) is 11.4. The first kappa shape index (κ1) is 11.0. The molecule has 0 unspecified atom stereocenters. The maximum atomic E-state index is 11.7. The number of amides is 1. The fourth-order valence-corrected chi connectivity index (χ4v) is 2.17. The van der Waals surface area contributed by atoms with Crippen LogP contribution in [0.15, 0.2) is 34.3 Å². The van der Waals surface area contributed by atoms with Gasteiger partial charge in [-0.3, -0.25) is 4.79 Å². The van der Waals surface area contributed by atoms with Crippen molar-refractivity contribution in [2.24, 2.45) is 0 Å². The lowest BCUT2D eigenvalue weighted by molar-refractivity contribution is 0.0958. The van der Waals surface area contributed by atoms with Gasteiger partial charge in [-0.25, -0.2) is 0 Å². The third kappa shape index (κ3) is 2.33. The first-order chi connectivity index (χ1) is 7.81. The van der Waals surface area contributed by atoms with Gasteiger partial charge in [-0.05, 0) is 24.6 Å². The Labute approximate surface area is 98.1 Å². The van der Waals surface area contributed by atoms with Gasteiger partial charge >= 0.3 is 0 Å². The quantitative estimate of drug-likeness (QED) is 0.884. The lowest BCUT2D eigenvalue weighted by Gasteiger charge is -1.99. The van der Waals surface area contributed by atoms with Gasteiger partial charge < -0.3 is 9.73 Å². The number of furan rings is 1. The molecule has 84 valence electrons. The lowest BCUT2D eigenvalue weighted by Crippen LogP contribution is -2.22. The van der Waals surface area contributed by atoms with Gasteiger partial charge in [0.05, 0.1) is 11.1 Å². The molecule has 0 radical (unpaired) electrons. The van der Waals surface area contributed by atoms with Crippen molar-refractivity contribution in [3.8, 4) is 11.3 Å². The standard InChI is InChI=1S/C12H13NO2S/c1-2-5-13-12(14)11-7-9(8-16-11)10-4-3-6-15-10/h3-4,6-8H,2,5H2,1H3,(H,13,14). The van der Waals surface area contributed by atoms with E-state index in [1.54, 1.807) is 6.26 Å². The highest BCUT2D eigenvalue weighted by atomic mass is 32.1. The Hall–Kier alpha value is -1.55. The number of rotatable bonds is 4. The molecular formula is C12H13NO2S. The van der Waals surface area contributed by atoms with Crippen molar-refractivity contribution < 1.29 is 9.21 Å². The van der Waals surface area contributed by atoms with E-state index in [1.165, 1.54) is 11.3 Å². The molecule has 0 aromatic carbocycles. The van der Waals surface area contributed by atoms with Gasteiger partial charge in [0, 0.05) is 17.5 Å². The van der Waals surface area contributed by atoms with Gasteiger partial charge in [0.1, 0.15) is 5.76 Å². The SMILES string of the molecule is CCCNC(=O)c1cc(-c2ccco2)cs1. The molecule has 0 fully saturated rings. The lowest BCUT2D eigenvalue weighted by atomic mass is 10.2. The number of carbonyl (C=O) groups is 1. The minimum atomic E-state index is -0.00958. The summed E-state index contributed by atoms with van der Waals surface area (Å²) in [5.74, 6) is 0.787. The summed E-state index contributed by atoms with van der Waals surface area (Å²) in [7, 11) is 0. The fourth-order valence-electron chi connectivity index (χ4n) is 1.35. The van der Waals surface area contributed by atoms with Gasteiger partial charge in [0.25, 0.3) is 5.91 Å². The Kier molecular flexibility index (Phi) is 3.41. The summed E-state index contributed by atoms with van der Waals surface area (Å²) in [4.78, 5) is 12.4. The molecule has 2 aromatic rings. The highest BCUT2D eigenvalue weighted by Crippen LogP contribution is 2.25. The third-order valence-electron chi connectivity index (χ3n) is 2.16. The predicted octanol–water partition coefficient (Wildman–Crippen LogP) is 3.15. The Morgan fingerprint density at radius 3 is 3.12 bits per heavy atom. The normalized spacial score (nSPS) is 10.3. The molecule has 16 heavy (non-hydrogen) atoms. The first-order valence-corrected chi connectivity index (χ1v) is 6.10. The monoisotopic (exact) mass is 235 g/mol. The summed E-state index contributed by atoms with van der Waals surface area (Å²) in [6, 6.07) is 5.58. The maximum Gasteiger partial charge on any atom is 0.261 e. The molecule has 0 saturated heterocycles. The van der Waals surface area contributed by atoms with Crippen molar-refractivity contribution >= 4 is 17.2 Å². The van der Waals surface area contributed by atoms with Crippen LogP contribution < -0.4 is 5.32 Å². The number of carbonyl (C=O) groups excluding carboxylic acids is 1. The van der Waals surface area contributed by atoms with E-state index >= 15 is 0 Å². The molecule has 0 spiro atoms. The molecule has 2 heterocycles. The summed E-state index contributed by atoms with van der Waals surface area (Å²) in [5.41, 5.74) is 0.955. The van der Waals surface area contributed by atoms with Crippen LogP contribution in [-0.2, 0) is 0 Å². The van der Waals surface area contributed by atoms with Crippen molar-refractivity contribution in [1.29, 1.82) is 0 Å². The van der Waals surface area contributed by atoms with E-state index in [-0.39, 0.29) is 5.91 Å². The van der Waals surface area contributed by atoms with Gasteiger partial charge in [0.2, 0.25) is 0 Å². The van der Waals surface area contributed by atoms with E-state index in [4.69, 9.17) is 4.42 Å². The summed E-state index contributed by atoms with van der Waals surface area (Å²) in [6.07, 6.45) is 2.58. The summed E-state index contributed by atoms with van der Waals surface area (Å²) >= 11 is 1.43. The van der Waals surface area contributed by atoms with Crippen molar-refractivity contribution in [2.75, 3.05) is 6.54 Å². The van der Waals surface area contributed by atoms with E-state index in [0.717, 1.165) is 22.6 Å². The first-order valence-electron chi connectivity index (χ1n) is 5.22. The van der Waals surface area contributed by atoms with Crippen LogP contribution in [0.3, 0.4) is 0 Å². The Morgan fingerprint density at radius 1 is 1.56 bits per heavy atom. The molecule has 0 bridgehead atoms. The molecule has 0 atom stereocenters. The van der Waals surface area contributed by atoms with E-state index in [9.17, 15) is 4.79 Å².